The van der Waals surface area contributed by atoms with Gasteiger partial charge in [0.2, 0.25) is 0 Å². The molecule has 0 saturated heterocycles. The minimum absolute atomic E-state index is 0.0889. The van der Waals surface area contributed by atoms with Crippen molar-refractivity contribution in [2.24, 2.45) is 0 Å². The zero-order valence-electron chi connectivity index (χ0n) is 9.57. The molecule has 0 spiro atoms. The highest BCUT2D eigenvalue weighted by molar-refractivity contribution is 5.32. The highest BCUT2D eigenvalue weighted by atomic mass is 16.5. The number of likely N-dealkylation sites (N-methyl/N-ethyl adjacent to an activating group) is 1. The third-order valence-corrected chi connectivity index (χ3v) is 3.10. The van der Waals surface area contributed by atoms with Crippen LogP contribution < -0.4 is 5.32 Å². The lowest BCUT2D eigenvalue weighted by Gasteiger charge is -2.31. The maximum atomic E-state index is 5.85. The molecular weight excluding hydrogens is 198 g/mol. The second-order valence-corrected chi connectivity index (χ2v) is 4.04. The van der Waals surface area contributed by atoms with Gasteiger partial charge in [0.1, 0.15) is 0 Å². The molecule has 0 bridgehead atoms. The number of rotatable bonds is 3. The van der Waals surface area contributed by atoms with Gasteiger partial charge >= 0.3 is 0 Å². The van der Waals surface area contributed by atoms with E-state index in [4.69, 9.17) is 11.2 Å². The zero-order valence-corrected chi connectivity index (χ0v) is 9.57. The Morgan fingerprint density at radius 1 is 1.56 bits per heavy atom. The van der Waals surface area contributed by atoms with Crippen molar-refractivity contribution < 1.29 is 4.74 Å². The first-order valence-corrected chi connectivity index (χ1v) is 5.67. The van der Waals surface area contributed by atoms with Crippen LogP contribution in [0.3, 0.4) is 0 Å². The second kappa shape index (κ2) is 5.16. The lowest BCUT2D eigenvalue weighted by molar-refractivity contribution is 0.0183. The molecule has 1 aromatic carbocycles. The Morgan fingerprint density at radius 3 is 3.12 bits per heavy atom. The summed E-state index contributed by atoms with van der Waals surface area (Å²) in [5, 5.41) is 3.25. The standard InChI is InChI=1S/C14H17NO/c1-3-6-13(15-2)14-12-8-5-4-7-11(12)9-10-16-14/h1,4-5,7-8,13-15H,6,9-10H2,2H3. The number of hydrogen-bond donors (Lipinski definition) is 1. The number of terminal acetylenes is 1. The fourth-order valence-corrected chi connectivity index (χ4v) is 2.25. The van der Waals surface area contributed by atoms with Crippen molar-refractivity contribution in [3.63, 3.8) is 0 Å². The van der Waals surface area contributed by atoms with Crippen LogP contribution in [0, 0.1) is 12.3 Å². The third-order valence-electron chi connectivity index (χ3n) is 3.10. The predicted octanol–water partition coefficient (Wildman–Crippen LogP) is 1.91. The van der Waals surface area contributed by atoms with Gasteiger partial charge in [0.15, 0.2) is 0 Å². The lowest BCUT2D eigenvalue weighted by Crippen LogP contribution is -2.36. The van der Waals surface area contributed by atoms with Crippen LogP contribution in [-0.4, -0.2) is 19.7 Å². The van der Waals surface area contributed by atoms with E-state index in [-0.39, 0.29) is 12.1 Å². The summed E-state index contributed by atoms with van der Waals surface area (Å²) in [7, 11) is 1.93. The Morgan fingerprint density at radius 2 is 2.38 bits per heavy atom. The molecule has 2 atom stereocenters. The van der Waals surface area contributed by atoms with Crippen molar-refractivity contribution in [2.45, 2.75) is 25.0 Å². The first-order valence-electron chi connectivity index (χ1n) is 5.67. The first kappa shape index (κ1) is 11.2. The van der Waals surface area contributed by atoms with Gasteiger partial charge in [-0.25, -0.2) is 0 Å². The van der Waals surface area contributed by atoms with Crippen molar-refractivity contribution in [3.05, 3.63) is 35.4 Å². The van der Waals surface area contributed by atoms with Crippen LogP contribution in [0.1, 0.15) is 23.7 Å². The maximum Gasteiger partial charge on any atom is 0.0989 e. The minimum Gasteiger partial charge on any atom is -0.372 e. The van der Waals surface area contributed by atoms with Crippen molar-refractivity contribution >= 4 is 0 Å². The molecule has 0 fully saturated rings. The molecule has 0 saturated carbocycles. The van der Waals surface area contributed by atoms with E-state index >= 15 is 0 Å². The van der Waals surface area contributed by atoms with E-state index in [0.717, 1.165) is 13.0 Å². The molecule has 0 amide bonds. The Labute approximate surface area is 97.0 Å². The lowest BCUT2D eigenvalue weighted by atomic mass is 9.92. The highest BCUT2D eigenvalue weighted by Crippen LogP contribution is 2.30. The van der Waals surface area contributed by atoms with Crippen LogP contribution in [0.25, 0.3) is 0 Å². The molecule has 0 aromatic heterocycles. The topological polar surface area (TPSA) is 21.3 Å². The minimum atomic E-state index is 0.0889. The van der Waals surface area contributed by atoms with E-state index in [1.54, 1.807) is 0 Å². The molecule has 2 heteroatoms. The number of benzene rings is 1. The van der Waals surface area contributed by atoms with E-state index in [0.29, 0.717) is 6.42 Å². The van der Waals surface area contributed by atoms with E-state index in [1.807, 2.05) is 7.05 Å². The summed E-state index contributed by atoms with van der Waals surface area (Å²) >= 11 is 0. The molecule has 16 heavy (non-hydrogen) atoms. The molecule has 1 aliphatic heterocycles. The Balaban J connectivity index is 2.27. The number of fused-ring (bicyclic) bond motifs is 1. The van der Waals surface area contributed by atoms with Crippen LogP contribution in [0.15, 0.2) is 24.3 Å². The van der Waals surface area contributed by atoms with Crippen LogP contribution in [0.5, 0.6) is 0 Å². The quantitative estimate of drug-likeness (QED) is 0.778. The van der Waals surface area contributed by atoms with Crippen molar-refractivity contribution in [3.8, 4) is 12.3 Å². The van der Waals surface area contributed by atoms with E-state index in [1.165, 1.54) is 11.1 Å². The second-order valence-electron chi connectivity index (χ2n) is 4.04. The van der Waals surface area contributed by atoms with Crippen LogP contribution in [-0.2, 0) is 11.2 Å². The van der Waals surface area contributed by atoms with E-state index in [2.05, 4.69) is 35.5 Å². The van der Waals surface area contributed by atoms with Gasteiger partial charge in [-0.3, -0.25) is 0 Å². The van der Waals surface area contributed by atoms with Crippen molar-refractivity contribution in [1.82, 2.24) is 5.32 Å². The van der Waals surface area contributed by atoms with Gasteiger partial charge in [-0.1, -0.05) is 24.3 Å². The molecule has 84 valence electrons. The summed E-state index contributed by atoms with van der Waals surface area (Å²) in [6, 6.07) is 8.65. The van der Waals surface area contributed by atoms with Gasteiger partial charge in [-0.05, 0) is 24.6 Å². The van der Waals surface area contributed by atoms with E-state index in [9.17, 15) is 0 Å². The summed E-state index contributed by atoms with van der Waals surface area (Å²) in [4.78, 5) is 0. The summed E-state index contributed by atoms with van der Waals surface area (Å²) in [6.45, 7) is 0.782. The normalized spacial score (nSPS) is 20.9. The van der Waals surface area contributed by atoms with Gasteiger partial charge in [-0.2, -0.15) is 0 Å². The molecule has 2 rings (SSSR count). The van der Waals surface area contributed by atoms with Crippen LogP contribution in [0.2, 0.25) is 0 Å². The molecular formula is C14H17NO. The smallest absolute Gasteiger partial charge is 0.0989 e. The summed E-state index contributed by atoms with van der Waals surface area (Å²) < 4.78 is 5.85. The fraction of sp³-hybridized carbons (Fsp3) is 0.429. The average molecular weight is 215 g/mol. The predicted molar refractivity (Wildman–Crippen MR) is 65.1 cm³/mol. The maximum absolute atomic E-state index is 5.85. The SMILES string of the molecule is C#CCC(NC)C1OCCc2ccccc21. The van der Waals surface area contributed by atoms with Gasteiger partial charge in [0.25, 0.3) is 0 Å². The highest BCUT2D eigenvalue weighted by Gasteiger charge is 2.26. The first-order chi connectivity index (χ1) is 7.86. The fourth-order valence-electron chi connectivity index (χ4n) is 2.25. The Bertz CT molecular complexity index is 394. The van der Waals surface area contributed by atoms with Gasteiger partial charge in [0.05, 0.1) is 12.7 Å². The van der Waals surface area contributed by atoms with Gasteiger partial charge in [-0.15, -0.1) is 12.3 Å². The van der Waals surface area contributed by atoms with Gasteiger partial charge in [0, 0.05) is 12.5 Å². The molecule has 1 N–H and O–H groups in total. The average Bonchev–Trinajstić information content (AvgIpc) is 2.35. The van der Waals surface area contributed by atoms with Crippen molar-refractivity contribution in [2.75, 3.05) is 13.7 Å². The Hall–Kier alpha value is -1.30. The zero-order chi connectivity index (χ0) is 11.4. The Kier molecular flexibility index (Phi) is 3.61. The molecule has 2 nitrogen and oxygen atoms in total. The molecule has 0 radical (unpaired) electrons. The van der Waals surface area contributed by atoms with E-state index < -0.39 is 0 Å². The summed E-state index contributed by atoms with van der Waals surface area (Å²) in [6.07, 6.45) is 7.16. The van der Waals surface area contributed by atoms with Crippen molar-refractivity contribution in [1.29, 1.82) is 0 Å². The molecule has 2 unspecified atom stereocenters. The monoisotopic (exact) mass is 215 g/mol. The van der Waals surface area contributed by atoms with Crippen LogP contribution >= 0.6 is 0 Å². The van der Waals surface area contributed by atoms with Crippen LogP contribution in [0.4, 0.5) is 0 Å². The largest absolute Gasteiger partial charge is 0.372 e. The summed E-state index contributed by atoms with van der Waals surface area (Å²) in [5.74, 6) is 2.70. The molecule has 0 aliphatic carbocycles. The number of ether oxygens (including phenoxy) is 1. The third kappa shape index (κ3) is 2.11. The number of nitrogens with one attached hydrogen (secondary N) is 1. The number of hydrogen-bond acceptors (Lipinski definition) is 2. The summed E-state index contributed by atoms with van der Waals surface area (Å²) in [5.41, 5.74) is 2.67. The molecule has 1 heterocycles. The molecule has 1 aliphatic rings. The van der Waals surface area contributed by atoms with Gasteiger partial charge < -0.3 is 10.1 Å². The molecule has 1 aromatic rings.